The maximum Gasteiger partial charge on any atom is 0.162 e. The molecule has 0 saturated heterocycles. The van der Waals surface area contributed by atoms with E-state index in [-0.39, 0.29) is 0 Å². The van der Waals surface area contributed by atoms with Crippen LogP contribution in [0.3, 0.4) is 0 Å². The molecule has 0 bridgehead atoms. The molecule has 3 nitrogen and oxygen atoms in total. The number of ether oxygens (including phenoxy) is 2. The van der Waals surface area contributed by atoms with Crippen molar-refractivity contribution in [2.45, 2.75) is 13.5 Å². The average Bonchev–Trinajstić information content (AvgIpc) is 2.38. The fraction of sp³-hybridized carbons (Fsp3) is 0.214. The second-order valence-corrected chi connectivity index (χ2v) is 3.67. The Balaban J connectivity index is 2.04. The maximum atomic E-state index is 5.66. The van der Waals surface area contributed by atoms with Gasteiger partial charge in [0, 0.05) is 17.5 Å². The van der Waals surface area contributed by atoms with Gasteiger partial charge in [-0.05, 0) is 31.2 Å². The summed E-state index contributed by atoms with van der Waals surface area (Å²) in [6.07, 6.45) is 1.81. The highest BCUT2D eigenvalue weighted by molar-refractivity contribution is 5.38. The minimum atomic E-state index is 0.474. The van der Waals surface area contributed by atoms with E-state index in [1.54, 1.807) is 19.2 Å². The molecule has 0 fully saturated rings. The minimum absolute atomic E-state index is 0.474. The molecular weight excluding hydrogens is 214 g/mol. The Labute approximate surface area is 101 Å². The summed E-state index contributed by atoms with van der Waals surface area (Å²) in [4.78, 5) is 4.21. The van der Waals surface area contributed by atoms with Crippen LogP contribution in [0, 0.1) is 13.0 Å². The number of methoxy groups -OCH3 is 1. The fourth-order valence-corrected chi connectivity index (χ4v) is 1.43. The van der Waals surface area contributed by atoms with E-state index < -0.39 is 0 Å². The smallest absolute Gasteiger partial charge is 0.162 e. The highest BCUT2D eigenvalue weighted by atomic mass is 16.5. The van der Waals surface area contributed by atoms with Crippen molar-refractivity contribution in [2.75, 3.05) is 7.11 Å². The normalized spacial score (nSPS) is 10.0. The van der Waals surface area contributed by atoms with E-state index in [4.69, 9.17) is 9.47 Å². The molecular formula is C14H14NO2. The molecule has 0 aliphatic heterocycles. The number of aromatic nitrogens is 1. The molecule has 0 aliphatic carbocycles. The zero-order valence-electron chi connectivity index (χ0n) is 9.93. The zero-order chi connectivity index (χ0) is 12.1. The van der Waals surface area contributed by atoms with Gasteiger partial charge >= 0.3 is 0 Å². The molecule has 0 unspecified atom stereocenters. The van der Waals surface area contributed by atoms with E-state index >= 15 is 0 Å². The van der Waals surface area contributed by atoms with Gasteiger partial charge in [-0.15, -0.1) is 0 Å². The monoisotopic (exact) mass is 228 g/mol. The van der Waals surface area contributed by atoms with Gasteiger partial charge in [0.1, 0.15) is 6.61 Å². The molecule has 3 heteroatoms. The molecule has 1 radical (unpaired) electrons. The van der Waals surface area contributed by atoms with Gasteiger partial charge in [0.25, 0.3) is 0 Å². The predicted molar refractivity (Wildman–Crippen MR) is 65.1 cm³/mol. The van der Waals surface area contributed by atoms with Gasteiger partial charge < -0.3 is 9.47 Å². The molecule has 0 atom stereocenters. The lowest BCUT2D eigenvalue weighted by Crippen LogP contribution is -1.98. The molecule has 0 N–H and O–H groups in total. The number of hydrogen-bond donors (Lipinski definition) is 0. The second kappa shape index (κ2) is 5.34. The van der Waals surface area contributed by atoms with Gasteiger partial charge in [0.2, 0.25) is 0 Å². The summed E-state index contributed by atoms with van der Waals surface area (Å²) < 4.78 is 10.8. The number of rotatable bonds is 4. The number of nitrogens with zero attached hydrogens (tertiary/aromatic N) is 1. The quantitative estimate of drug-likeness (QED) is 0.806. The van der Waals surface area contributed by atoms with E-state index in [0.717, 1.165) is 11.3 Å². The van der Waals surface area contributed by atoms with Crippen LogP contribution >= 0.6 is 0 Å². The van der Waals surface area contributed by atoms with Crippen LogP contribution in [-0.2, 0) is 6.61 Å². The van der Waals surface area contributed by atoms with Gasteiger partial charge in [-0.2, -0.15) is 0 Å². The molecule has 2 rings (SSSR count). The highest BCUT2D eigenvalue weighted by Gasteiger charge is 2.02. The molecule has 2 aromatic rings. The van der Waals surface area contributed by atoms with Gasteiger partial charge in [-0.3, -0.25) is 4.98 Å². The third kappa shape index (κ3) is 2.97. The van der Waals surface area contributed by atoms with Crippen LogP contribution < -0.4 is 9.47 Å². The summed E-state index contributed by atoms with van der Waals surface area (Å²) in [6.45, 7) is 2.43. The van der Waals surface area contributed by atoms with Gasteiger partial charge in [0.05, 0.1) is 7.11 Å². The molecule has 0 spiro atoms. The largest absolute Gasteiger partial charge is 0.493 e. The molecule has 17 heavy (non-hydrogen) atoms. The summed E-state index contributed by atoms with van der Waals surface area (Å²) in [7, 11) is 1.62. The number of aryl methyl sites for hydroxylation is 1. The number of pyridine rings is 1. The van der Waals surface area contributed by atoms with E-state index in [9.17, 15) is 0 Å². The van der Waals surface area contributed by atoms with Gasteiger partial charge in [0.15, 0.2) is 11.5 Å². The van der Waals surface area contributed by atoms with E-state index in [2.05, 4.69) is 11.1 Å². The van der Waals surface area contributed by atoms with Crippen LogP contribution in [0.25, 0.3) is 0 Å². The molecule has 0 aliphatic rings. The van der Waals surface area contributed by atoms with E-state index in [1.165, 1.54) is 0 Å². The van der Waals surface area contributed by atoms with Crippen LogP contribution in [0.1, 0.15) is 11.3 Å². The van der Waals surface area contributed by atoms with Crippen LogP contribution in [-0.4, -0.2) is 12.1 Å². The van der Waals surface area contributed by atoms with Crippen LogP contribution in [0.2, 0.25) is 0 Å². The van der Waals surface area contributed by atoms with Gasteiger partial charge in [-0.1, -0.05) is 12.1 Å². The summed E-state index contributed by atoms with van der Waals surface area (Å²) in [6, 6.07) is 12.3. The Morgan fingerprint density at radius 1 is 1.24 bits per heavy atom. The SMILES string of the molecule is COc1cc[c]cc1OCc1ccc(C)nc1. The lowest BCUT2D eigenvalue weighted by atomic mass is 10.2. The number of hydrogen-bond acceptors (Lipinski definition) is 3. The Morgan fingerprint density at radius 2 is 2.12 bits per heavy atom. The summed E-state index contributed by atoms with van der Waals surface area (Å²) >= 11 is 0. The summed E-state index contributed by atoms with van der Waals surface area (Å²) in [5.41, 5.74) is 2.03. The number of benzene rings is 1. The average molecular weight is 228 g/mol. The first-order chi connectivity index (χ1) is 8.29. The van der Waals surface area contributed by atoms with Gasteiger partial charge in [-0.25, -0.2) is 0 Å². The van der Waals surface area contributed by atoms with Crippen molar-refractivity contribution in [3.8, 4) is 11.5 Å². The third-order valence-corrected chi connectivity index (χ3v) is 2.38. The van der Waals surface area contributed by atoms with Crippen molar-refractivity contribution < 1.29 is 9.47 Å². The van der Waals surface area contributed by atoms with Crippen LogP contribution in [0.15, 0.2) is 36.5 Å². The molecule has 87 valence electrons. The fourth-order valence-electron chi connectivity index (χ4n) is 1.43. The maximum absolute atomic E-state index is 5.66. The van der Waals surface area contributed by atoms with Crippen LogP contribution in [0.5, 0.6) is 11.5 Å². The zero-order valence-corrected chi connectivity index (χ0v) is 9.93. The summed E-state index contributed by atoms with van der Waals surface area (Å²) in [5.74, 6) is 1.40. The Bertz CT molecular complexity index is 480. The van der Waals surface area contributed by atoms with Crippen LogP contribution in [0.4, 0.5) is 0 Å². The van der Waals surface area contributed by atoms with Crippen molar-refractivity contribution in [1.29, 1.82) is 0 Å². The topological polar surface area (TPSA) is 31.4 Å². The summed E-state index contributed by atoms with van der Waals surface area (Å²) in [5, 5.41) is 0. The first-order valence-electron chi connectivity index (χ1n) is 5.38. The Kier molecular flexibility index (Phi) is 3.60. The first-order valence-corrected chi connectivity index (χ1v) is 5.38. The molecule has 0 saturated carbocycles. The lowest BCUT2D eigenvalue weighted by Gasteiger charge is -2.09. The van der Waals surface area contributed by atoms with Crippen molar-refractivity contribution in [1.82, 2.24) is 4.98 Å². The van der Waals surface area contributed by atoms with Crippen molar-refractivity contribution >= 4 is 0 Å². The van der Waals surface area contributed by atoms with Crippen molar-refractivity contribution in [3.05, 3.63) is 53.9 Å². The second-order valence-electron chi connectivity index (χ2n) is 3.67. The van der Waals surface area contributed by atoms with E-state index in [1.807, 2.05) is 31.3 Å². The molecule has 0 amide bonds. The predicted octanol–water partition coefficient (Wildman–Crippen LogP) is 2.78. The van der Waals surface area contributed by atoms with Crippen molar-refractivity contribution in [2.24, 2.45) is 0 Å². The highest BCUT2D eigenvalue weighted by Crippen LogP contribution is 2.26. The minimum Gasteiger partial charge on any atom is -0.493 e. The van der Waals surface area contributed by atoms with E-state index in [0.29, 0.717) is 18.1 Å². The Hall–Kier alpha value is -2.03. The lowest BCUT2D eigenvalue weighted by molar-refractivity contribution is 0.284. The first kappa shape index (κ1) is 11.5. The standard InChI is InChI=1S/C14H14NO2/c1-11-7-8-12(9-15-11)10-17-14-6-4-3-5-13(14)16-2/h3,5-9H,10H2,1-2H3. The molecule has 1 aromatic carbocycles. The Morgan fingerprint density at radius 3 is 2.82 bits per heavy atom. The molecule has 1 aromatic heterocycles. The van der Waals surface area contributed by atoms with Crippen molar-refractivity contribution in [3.63, 3.8) is 0 Å². The molecule has 1 heterocycles. The third-order valence-electron chi connectivity index (χ3n) is 2.38.